The molecule has 0 radical (unpaired) electrons. The number of amides is 1. The fourth-order valence-electron chi connectivity index (χ4n) is 2.99. The Hall–Kier alpha value is -0.820. The smallest absolute Gasteiger partial charge is 0.372 e. The van der Waals surface area contributed by atoms with Crippen LogP contribution < -0.4 is 5.32 Å². The molecule has 2 saturated heterocycles. The van der Waals surface area contributed by atoms with Gasteiger partial charge in [0.05, 0.1) is 13.0 Å². The number of nitrogens with zero attached hydrogens (tertiary/aromatic N) is 1. The lowest BCUT2D eigenvalue weighted by Crippen LogP contribution is -2.38. The Labute approximate surface area is 110 Å². The molecule has 4 nitrogen and oxygen atoms in total. The van der Waals surface area contributed by atoms with Crippen molar-refractivity contribution in [2.24, 2.45) is 11.8 Å². The van der Waals surface area contributed by atoms with Crippen molar-refractivity contribution < 1.29 is 22.7 Å². The largest absolute Gasteiger partial charge is 0.411 e. The monoisotopic (exact) mass is 280 g/mol. The summed E-state index contributed by atoms with van der Waals surface area (Å²) in [7, 11) is 0. The SMILES string of the molecule is CC1C2CNCC2CN1C(=O)CCOCC(F)(F)F. The van der Waals surface area contributed by atoms with Gasteiger partial charge in [0, 0.05) is 25.7 Å². The van der Waals surface area contributed by atoms with Crippen LogP contribution in [0.4, 0.5) is 13.2 Å². The van der Waals surface area contributed by atoms with Crippen molar-refractivity contribution in [3.8, 4) is 0 Å². The molecule has 3 unspecified atom stereocenters. The van der Waals surface area contributed by atoms with E-state index in [1.807, 2.05) is 6.92 Å². The first-order valence-electron chi connectivity index (χ1n) is 6.53. The average Bonchev–Trinajstić information content (AvgIpc) is 2.87. The molecule has 2 heterocycles. The third kappa shape index (κ3) is 3.60. The van der Waals surface area contributed by atoms with E-state index in [4.69, 9.17) is 0 Å². The molecule has 0 bridgehead atoms. The fraction of sp³-hybridized carbons (Fsp3) is 0.917. The van der Waals surface area contributed by atoms with E-state index in [1.165, 1.54) is 0 Å². The van der Waals surface area contributed by atoms with Gasteiger partial charge in [0.1, 0.15) is 6.61 Å². The molecule has 2 fully saturated rings. The maximum atomic E-state index is 12.0. The summed E-state index contributed by atoms with van der Waals surface area (Å²) in [6.45, 7) is 3.09. The number of ether oxygens (including phenoxy) is 1. The van der Waals surface area contributed by atoms with E-state index in [0.717, 1.165) is 13.1 Å². The summed E-state index contributed by atoms with van der Waals surface area (Å²) in [6.07, 6.45) is -4.31. The highest BCUT2D eigenvalue weighted by molar-refractivity contribution is 5.77. The van der Waals surface area contributed by atoms with E-state index in [0.29, 0.717) is 18.4 Å². The van der Waals surface area contributed by atoms with Gasteiger partial charge in [-0.25, -0.2) is 0 Å². The number of hydrogen-bond acceptors (Lipinski definition) is 3. The van der Waals surface area contributed by atoms with Crippen molar-refractivity contribution in [3.05, 3.63) is 0 Å². The van der Waals surface area contributed by atoms with E-state index < -0.39 is 12.8 Å². The van der Waals surface area contributed by atoms with Gasteiger partial charge in [-0.15, -0.1) is 0 Å². The van der Waals surface area contributed by atoms with E-state index >= 15 is 0 Å². The van der Waals surface area contributed by atoms with E-state index in [-0.39, 0.29) is 25.0 Å². The molecule has 3 atom stereocenters. The lowest BCUT2D eigenvalue weighted by molar-refractivity contribution is -0.175. The Balaban J connectivity index is 1.72. The van der Waals surface area contributed by atoms with Crippen LogP contribution in [0.25, 0.3) is 0 Å². The summed E-state index contributed by atoms with van der Waals surface area (Å²) in [6, 6.07) is 0.162. The quantitative estimate of drug-likeness (QED) is 0.782. The minimum atomic E-state index is -4.33. The summed E-state index contributed by atoms with van der Waals surface area (Å²) in [5.74, 6) is 0.846. The molecular formula is C12H19F3N2O2. The highest BCUT2D eigenvalue weighted by atomic mass is 19.4. The Bertz CT molecular complexity index is 335. The van der Waals surface area contributed by atoms with Crippen LogP contribution in [0.3, 0.4) is 0 Å². The molecule has 2 rings (SSSR count). The van der Waals surface area contributed by atoms with Crippen LogP contribution in [0, 0.1) is 11.8 Å². The number of halogens is 3. The Kier molecular flexibility index (Phi) is 4.35. The number of hydrogen-bond donors (Lipinski definition) is 1. The summed E-state index contributed by atoms with van der Waals surface area (Å²) < 4.78 is 40.1. The van der Waals surface area contributed by atoms with Gasteiger partial charge < -0.3 is 15.0 Å². The van der Waals surface area contributed by atoms with E-state index in [2.05, 4.69) is 10.1 Å². The fourth-order valence-corrected chi connectivity index (χ4v) is 2.99. The lowest BCUT2D eigenvalue weighted by Gasteiger charge is -2.24. The molecule has 2 aliphatic heterocycles. The molecule has 0 aromatic carbocycles. The Morgan fingerprint density at radius 2 is 2.16 bits per heavy atom. The van der Waals surface area contributed by atoms with Crippen molar-refractivity contribution in [2.45, 2.75) is 25.6 Å². The third-order valence-corrected chi connectivity index (χ3v) is 3.98. The minimum absolute atomic E-state index is 0.0211. The molecule has 0 aromatic rings. The number of carbonyl (C=O) groups excluding carboxylic acids is 1. The molecule has 7 heteroatoms. The second kappa shape index (κ2) is 5.66. The van der Waals surface area contributed by atoms with Crippen LogP contribution >= 0.6 is 0 Å². The number of fused-ring (bicyclic) bond motifs is 1. The summed E-state index contributed by atoms with van der Waals surface area (Å²) in [5, 5.41) is 3.30. The zero-order valence-corrected chi connectivity index (χ0v) is 10.9. The normalized spacial score (nSPS) is 30.7. The van der Waals surface area contributed by atoms with E-state index in [1.54, 1.807) is 4.90 Å². The zero-order valence-electron chi connectivity index (χ0n) is 10.9. The van der Waals surface area contributed by atoms with Gasteiger partial charge >= 0.3 is 6.18 Å². The summed E-state index contributed by atoms with van der Waals surface area (Å²) in [5.41, 5.74) is 0. The predicted octanol–water partition coefficient (Wildman–Crippen LogP) is 1.02. The van der Waals surface area contributed by atoms with Crippen molar-refractivity contribution >= 4 is 5.91 Å². The highest BCUT2D eigenvalue weighted by Gasteiger charge is 2.43. The van der Waals surface area contributed by atoms with Crippen molar-refractivity contribution in [1.82, 2.24) is 10.2 Å². The first-order valence-corrected chi connectivity index (χ1v) is 6.53. The van der Waals surface area contributed by atoms with Gasteiger partial charge in [0.25, 0.3) is 0 Å². The summed E-state index contributed by atoms with van der Waals surface area (Å²) >= 11 is 0. The van der Waals surface area contributed by atoms with Crippen LogP contribution in [0.15, 0.2) is 0 Å². The average molecular weight is 280 g/mol. The molecule has 1 amide bonds. The first kappa shape index (κ1) is 14.6. The van der Waals surface area contributed by atoms with Crippen LogP contribution in [0.2, 0.25) is 0 Å². The number of likely N-dealkylation sites (tertiary alicyclic amines) is 1. The van der Waals surface area contributed by atoms with Gasteiger partial charge in [-0.05, 0) is 18.8 Å². The van der Waals surface area contributed by atoms with Crippen LogP contribution in [-0.2, 0) is 9.53 Å². The molecule has 19 heavy (non-hydrogen) atoms. The molecule has 1 N–H and O–H groups in total. The number of alkyl halides is 3. The molecule has 0 aromatic heterocycles. The second-order valence-electron chi connectivity index (χ2n) is 5.29. The van der Waals surface area contributed by atoms with Gasteiger partial charge in [-0.2, -0.15) is 13.2 Å². The maximum Gasteiger partial charge on any atom is 0.411 e. The lowest BCUT2D eigenvalue weighted by atomic mass is 9.95. The minimum Gasteiger partial charge on any atom is -0.372 e. The molecule has 0 spiro atoms. The second-order valence-corrected chi connectivity index (χ2v) is 5.29. The first-order chi connectivity index (χ1) is 8.88. The zero-order chi connectivity index (χ0) is 14.0. The molecular weight excluding hydrogens is 261 g/mol. The van der Waals surface area contributed by atoms with Gasteiger partial charge in [0.15, 0.2) is 0 Å². The van der Waals surface area contributed by atoms with Gasteiger partial charge in [0.2, 0.25) is 5.91 Å². The standard InChI is InChI=1S/C12H19F3N2O2/c1-8-10-5-16-4-9(10)6-17(8)11(18)2-3-19-7-12(13,14)15/h8-10,16H,2-7H2,1H3. The highest BCUT2D eigenvalue weighted by Crippen LogP contribution is 2.32. The molecule has 0 saturated carbocycles. The number of carbonyl (C=O) groups is 1. The van der Waals surface area contributed by atoms with Crippen LogP contribution in [0.1, 0.15) is 13.3 Å². The Morgan fingerprint density at radius 3 is 2.79 bits per heavy atom. The summed E-state index contributed by atoms with van der Waals surface area (Å²) in [4.78, 5) is 13.7. The van der Waals surface area contributed by atoms with Gasteiger partial charge in [-0.1, -0.05) is 0 Å². The van der Waals surface area contributed by atoms with E-state index in [9.17, 15) is 18.0 Å². The molecule has 110 valence electrons. The van der Waals surface area contributed by atoms with Crippen LogP contribution in [0.5, 0.6) is 0 Å². The van der Waals surface area contributed by atoms with Crippen molar-refractivity contribution in [1.29, 1.82) is 0 Å². The maximum absolute atomic E-state index is 12.0. The predicted molar refractivity (Wildman–Crippen MR) is 62.5 cm³/mol. The van der Waals surface area contributed by atoms with Crippen LogP contribution in [-0.4, -0.2) is 55.9 Å². The number of nitrogens with one attached hydrogen (secondary N) is 1. The Morgan fingerprint density at radius 1 is 1.42 bits per heavy atom. The molecule has 2 aliphatic rings. The van der Waals surface area contributed by atoms with Crippen molar-refractivity contribution in [2.75, 3.05) is 32.8 Å². The molecule has 0 aliphatic carbocycles. The van der Waals surface area contributed by atoms with Crippen molar-refractivity contribution in [3.63, 3.8) is 0 Å². The topological polar surface area (TPSA) is 41.6 Å². The number of rotatable bonds is 4. The third-order valence-electron chi connectivity index (χ3n) is 3.98. The van der Waals surface area contributed by atoms with Gasteiger partial charge in [-0.3, -0.25) is 4.79 Å².